The molecule has 8 heteroatoms. The number of methoxy groups -OCH3 is 1. The van der Waals surface area contributed by atoms with Crippen LogP contribution in [0.2, 0.25) is 0 Å². The van der Waals surface area contributed by atoms with Crippen LogP contribution < -0.4 is 9.47 Å². The Hall–Kier alpha value is -3.00. The summed E-state index contributed by atoms with van der Waals surface area (Å²) in [5.74, 6) is -0.364. The Bertz CT molecular complexity index is 897. The predicted molar refractivity (Wildman–Crippen MR) is 107 cm³/mol. The third-order valence-electron chi connectivity index (χ3n) is 4.85. The van der Waals surface area contributed by atoms with E-state index in [1.165, 1.54) is 31.4 Å². The predicted octanol–water partition coefficient (Wildman–Crippen LogP) is 3.79. The molecule has 1 heterocycles. The lowest BCUT2D eigenvalue weighted by Gasteiger charge is -2.34. The third kappa shape index (κ3) is 5.76. The van der Waals surface area contributed by atoms with Crippen LogP contribution in [0.5, 0.6) is 11.5 Å². The maximum absolute atomic E-state index is 13.8. The molecular formula is C22H23F3N2O3. The summed E-state index contributed by atoms with van der Waals surface area (Å²) in [6, 6.07) is 11.2. The third-order valence-corrected chi connectivity index (χ3v) is 4.85. The van der Waals surface area contributed by atoms with E-state index in [2.05, 4.69) is 9.64 Å². The van der Waals surface area contributed by atoms with Crippen molar-refractivity contribution in [3.05, 3.63) is 65.5 Å². The molecule has 1 aliphatic rings. The lowest BCUT2D eigenvalue weighted by Crippen LogP contribution is -2.47. The minimum Gasteiger partial charge on any atom is -0.494 e. The summed E-state index contributed by atoms with van der Waals surface area (Å²) in [7, 11) is 1.42. The average molecular weight is 420 g/mol. The van der Waals surface area contributed by atoms with Crippen molar-refractivity contribution < 1.29 is 27.4 Å². The van der Waals surface area contributed by atoms with Gasteiger partial charge in [-0.1, -0.05) is 24.3 Å². The fourth-order valence-electron chi connectivity index (χ4n) is 3.28. The van der Waals surface area contributed by atoms with Crippen LogP contribution in [0.15, 0.2) is 48.5 Å². The SMILES string of the molecule is COc1ccc(CN2CCN(C(=O)/C=C/c3ccccc3OC(F)F)CC2)cc1F. The zero-order valence-electron chi connectivity index (χ0n) is 16.6. The van der Waals surface area contributed by atoms with Gasteiger partial charge in [0.25, 0.3) is 0 Å². The van der Waals surface area contributed by atoms with E-state index < -0.39 is 12.4 Å². The Morgan fingerprint density at radius 1 is 1.10 bits per heavy atom. The van der Waals surface area contributed by atoms with E-state index in [1.807, 2.05) is 6.07 Å². The second-order valence-electron chi connectivity index (χ2n) is 6.82. The van der Waals surface area contributed by atoms with Crippen molar-refractivity contribution in [2.45, 2.75) is 13.2 Å². The number of benzene rings is 2. The van der Waals surface area contributed by atoms with Crippen LogP contribution in [-0.2, 0) is 11.3 Å². The largest absolute Gasteiger partial charge is 0.494 e. The Kier molecular flexibility index (Phi) is 7.35. The van der Waals surface area contributed by atoms with E-state index in [1.54, 1.807) is 29.2 Å². The Morgan fingerprint density at radius 3 is 2.50 bits per heavy atom. The lowest BCUT2D eigenvalue weighted by molar-refractivity contribution is -0.127. The second-order valence-corrected chi connectivity index (χ2v) is 6.82. The molecule has 0 aromatic heterocycles. The summed E-state index contributed by atoms with van der Waals surface area (Å²) in [4.78, 5) is 16.3. The van der Waals surface area contributed by atoms with Gasteiger partial charge in [-0.15, -0.1) is 0 Å². The monoisotopic (exact) mass is 420 g/mol. The van der Waals surface area contributed by atoms with E-state index in [9.17, 15) is 18.0 Å². The number of hydrogen-bond donors (Lipinski definition) is 0. The summed E-state index contributed by atoms with van der Waals surface area (Å²) < 4.78 is 48.2. The molecule has 0 N–H and O–H groups in total. The molecule has 0 bridgehead atoms. The number of carbonyl (C=O) groups excluding carboxylic acids is 1. The van der Waals surface area contributed by atoms with E-state index in [0.29, 0.717) is 38.3 Å². The molecule has 0 saturated carbocycles. The van der Waals surface area contributed by atoms with Gasteiger partial charge in [0.1, 0.15) is 5.75 Å². The number of para-hydroxylation sites is 1. The normalized spacial score (nSPS) is 15.0. The Labute approximate surface area is 173 Å². The number of nitrogens with zero attached hydrogens (tertiary/aromatic N) is 2. The topological polar surface area (TPSA) is 42.0 Å². The molecule has 1 amide bonds. The molecule has 2 aromatic rings. The van der Waals surface area contributed by atoms with Gasteiger partial charge in [0.15, 0.2) is 11.6 Å². The summed E-state index contributed by atoms with van der Waals surface area (Å²) in [5, 5.41) is 0. The first-order chi connectivity index (χ1) is 14.5. The van der Waals surface area contributed by atoms with Gasteiger partial charge in [0.2, 0.25) is 5.91 Å². The Morgan fingerprint density at radius 2 is 1.83 bits per heavy atom. The van der Waals surface area contributed by atoms with E-state index in [-0.39, 0.29) is 17.4 Å². The van der Waals surface area contributed by atoms with Crippen LogP contribution in [0.25, 0.3) is 6.08 Å². The molecule has 0 unspecified atom stereocenters. The van der Waals surface area contributed by atoms with Crippen molar-refractivity contribution in [1.82, 2.24) is 9.80 Å². The van der Waals surface area contributed by atoms with Crippen LogP contribution in [-0.4, -0.2) is 55.6 Å². The highest BCUT2D eigenvalue weighted by atomic mass is 19.3. The second kappa shape index (κ2) is 10.2. The molecular weight excluding hydrogens is 397 g/mol. The number of carbonyl (C=O) groups is 1. The number of halogens is 3. The first-order valence-corrected chi connectivity index (χ1v) is 9.52. The van der Waals surface area contributed by atoms with Crippen molar-refractivity contribution in [3.63, 3.8) is 0 Å². The van der Waals surface area contributed by atoms with Crippen molar-refractivity contribution in [3.8, 4) is 11.5 Å². The van der Waals surface area contributed by atoms with Crippen LogP contribution in [0.4, 0.5) is 13.2 Å². The smallest absolute Gasteiger partial charge is 0.387 e. The quantitative estimate of drug-likeness (QED) is 0.640. The van der Waals surface area contributed by atoms with Crippen LogP contribution in [0.1, 0.15) is 11.1 Å². The maximum atomic E-state index is 13.8. The number of hydrogen-bond acceptors (Lipinski definition) is 4. The van der Waals surface area contributed by atoms with E-state index in [0.717, 1.165) is 5.56 Å². The highest BCUT2D eigenvalue weighted by molar-refractivity contribution is 5.92. The fourth-order valence-corrected chi connectivity index (χ4v) is 3.28. The number of ether oxygens (including phenoxy) is 2. The van der Waals surface area contributed by atoms with Gasteiger partial charge in [-0.25, -0.2) is 4.39 Å². The lowest BCUT2D eigenvalue weighted by atomic mass is 10.1. The highest BCUT2D eigenvalue weighted by Gasteiger charge is 2.20. The van der Waals surface area contributed by atoms with E-state index in [4.69, 9.17) is 4.74 Å². The molecule has 2 aromatic carbocycles. The van der Waals surface area contributed by atoms with Gasteiger partial charge in [0, 0.05) is 44.4 Å². The standard InChI is InChI=1S/C22H23F3N2O3/c1-29-20-8-6-16(14-18(20)23)15-26-10-12-27(13-11-26)21(28)9-7-17-4-2-3-5-19(17)30-22(24)25/h2-9,14,22H,10-13,15H2,1H3/b9-7+. The molecule has 0 atom stereocenters. The van der Waals surface area contributed by atoms with Crippen LogP contribution in [0.3, 0.4) is 0 Å². The highest BCUT2D eigenvalue weighted by Crippen LogP contribution is 2.22. The van der Waals surface area contributed by atoms with Gasteiger partial charge >= 0.3 is 6.61 Å². The van der Waals surface area contributed by atoms with Gasteiger partial charge in [-0.3, -0.25) is 9.69 Å². The minimum absolute atomic E-state index is 0.0214. The molecule has 1 aliphatic heterocycles. The number of amides is 1. The first-order valence-electron chi connectivity index (χ1n) is 9.52. The number of rotatable bonds is 7. The van der Waals surface area contributed by atoms with Crippen molar-refractivity contribution in [2.24, 2.45) is 0 Å². The summed E-state index contributed by atoms with van der Waals surface area (Å²) in [6.07, 6.45) is 2.84. The fraction of sp³-hybridized carbons (Fsp3) is 0.318. The molecule has 0 aliphatic carbocycles. The summed E-state index contributed by atoms with van der Waals surface area (Å²) >= 11 is 0. The Balaban J connectivity index is 1.53. The molecule has 1 saturated heterocycles. The molecule has 160 valence electrons. The minimum atomic E-state index is -2.93. The maximum Gasteiger partial charge on any atom is 0.387 e. The van der Waals surface area contributed by atoms with Gasteiger partial charge in [-0.2, -0.15) is 8.78 Å². The van der Waals surface area contributed by atoms with Crippen molar-refractivity contribution in [1.29, 1.82) is 0 Å². The van der Waals surface area contributed by atoms with Crippen molar-refractivity contribution in [2.75, 3.05) is 33.3 Å². The molecule has 5 nitrogen and oxygen atoms in total. The van der Waals surface area contributed by atoms with Gasteiger partial charge < -0.3 is 14.4 Å². The summed E-state index contributed by atoms with van der Waals surface area (Å²) in [5.41, 5.74) is 1.25. The van der Waals surface area contributed by atoms with Crippen molar-refractivity contribution >= 4 is 12.0 Å². The zero-order chi connectivity index (χ0) is 21.5. The molecule has 0 spiro atoms. The van der Waals surface area contributed by atoms with E-state index >= 15 is 0 Å². The zero-order valence-corrected chi connectivity index (χ0v) is 16.6. The first kappa shape index (κ1) is 21.7. The van der Waals surface area contributed by atoms with Crippen LogP contribution >= 0.6 is 0 Å². The molecule has 30 heavy (non-hydrogen) atoms. The average Bonchev–Trinajstić information content (AvgIpc) is 2.73. The molecule has 1 fully saturated rings. The molecule has 0 radical (unpaired) electrons. The van der Waals surface area contributed by atoms with Crippen LogP contribution in [0, 0.1) is 5.82 Å². The molecule has 3 rings (SSSR count). The number of piperazine rings is 1. The van der Waals surface area contributed by atoms with Gasteiger partial charge in [0.05, 0.1) is 7.11 Å². The summed E-state index contributed by atoms with van der Waals surface area (Å²) in [6.45, 7) is 0.00403. The van der Waals surface area contributed by atoms with Gasteiger partial charge in [-0.05, 0) is 29.8 Å². The number of alkyl halides is 2.